The molecule has 0 heterocycles. The van der Waals surface area contributed by atoms with Crippen LogP contribution in [0.4, 0.5) is 0 Å². The van der Waals surface area contributed by atoms with E-state index in [4.69, 9.17) is 15.2 Å². The van der Waals surface area contributed by atoms with Crippen molar-refractivity contribution in [2.75, 3.05) is 26.9 Å². The maximum Gasteiger partial charge on any atom is 0.257 e. The van der Waals surface area contributed by atoms with Gasteiger partial charge in [0, 0.05) is 26.8 Å². The Morgan fingerprint density at radius 2 is 2.26 bits per heavy atom. The second-order valence-corrected chi connectivity index (χ2v) is 4.81. The van der Waals surface area contributed by atoms with Crippen LogP contribution in [0.15, 0.2) is 22.7 Å². The third-order valence-electron chi connectivity index (χ3n) is 2.44. The van der Waals surface area contributed by atoms with Crippen LogP contribution in [-0.2, 0) is 16.1 Å². The summed E-state index contributed by atoms with van der Waals surface area (Å²) in [6.45, 7) is 1.68. The van der Waals surface area contributed by atoms with E-state index >= 15 is 0 Å². The SMILES string of the molecule is COCCCNC(=O)COc1ccc(CN)cc1Br. The lowest BCUT2D eigenvalue weighted by Gasteiger charge is -2.09. The van der Waals surface area contributed by atoms with Crippen molar-refractivity contribution in [3.63, 3.8) is 0 Å². The molecule has 1 aromatic carbocycles. The molecule has 1 rings (SSSR count). The lowest BCUT2D eigenvalue weighted by Crippen LogP contribution is -2.30. The Kier molecular flexibility index (Phi) is 7.47. The second kappa shape index (κ2) is 8.90. The van der Waals surface area contributed by atoms with Crippen molar-refractivity contribution < 1.29 is 14.3 Å². The smallest absolute Gasteiger partial charge is 0.257 e. The van der Waals surface area contributed by atoms with Crippen molar-refractivity contribution in [1.29, 1.82) is 0 Å². The molecule has 1 amide bonds. The summed E-state index contributed by atoms with van der Waals surface area (Å²) in [5, 5.41) is 2.75. The zero-order chi connectivity index (χ0) is 14.1. The summed E-state index contributed by atoms with van der Waals surface area (Å²) in [6, 6.07) is 5.55. The van der Waals surface area contributed by atoms with E-state index in [1.165, 1.54) is 0 Å². The molecule has 0 bridgehead atoms. The Hall–Kier alpha value is -1.11. The van der Waals surface area contributed by atoms with Gasteiger partial charge in [0.15, 0.2) is 6.61 Å². The first kappa shape index (κ1) is 15.9. The molecule has 0 aromatic heterocycles. The molecule has 0 saturated heterocycles. The molecule has 0 radical (unpaired) electrons. The van der Waals surface area contributed by atoms with E-state index in [2.05, 4.69) is 21.2 Å². The third kappa shape index (κ3) is 6.04. The summed E-state index contributed by atoms with van der Waals surface area (Å²) < 4.78 is 11.1. The quantitative estimate of drug-likeness (QED) is 0.707. The fraction of sp³-hybridized carbons (Fsp3) is 0.462. The van der Waals surface area contributed by atoms with Crippen molar-refractivity contribution in [1.82, 2.24) is 5.32 Å². The maximum absolute atomic E-state index is 11.5. The van der Waals surface area contributed by atoms with Crippen LogP contribution in [0.3, 0.4) is 0 Å². The van der Waals surface area contributed by atoms with Gasteiger partial charge in [-0.15, -0.1) is 0 Å². The fourth-order valence-electron chi connectivity index (χ4n) is 1.43. The van der Waals surface area contributed by atoms with Crippen LogP contribution in [0.5, 0.6) is 5.75 Å². The number of methoxy groups -OCH3 is 1. The Bertz CT molecular complexity index is 413. The second-order valence-electron chi connectivity index (χ2n) is 3.95. The first-order valence-corrected chi connectivity index (χ1v) is 6.83. The number of amides is 1. The highest BCUT2D eigenvalue weighted by Crippen LogP contribution is 2.25. The Morgan fingerprint density at radius 3 is 2.89 bits per heavy atom. The molecule has 0 aliphatic carbocycles. The zero-order valence-electron chi connectivity index (χ0n) is 10.9. The van der Waals surface area contributed by atoms with Gasteiger partial charge in [0.25, 0.3) is 5.91 Å². The molecule has 0 fully saturated rings. The summed E-state index contributed by atoms with van der Waals surface area (Å²) in [6.07, 6.45) is 0.789. The normalized spacial score (nSPS) is 10.3. The number of nitrogens with two attached hydrogens (primary N) is 1. The van der Waals surface area contributed by atoms with Crippen molar-refractivity contribution in [2.24, 2.45) is 5.73 Å². The van der Waals surface area contributed by atoms with Crippen molar-refractivity contribution in [3.8, 4) is 5.75 Å². The largest absolute Gasteiger partial charge is 0.483 e. The summed E-state index contributed by atoms with van der Waals surface area (Å²) in [7, 11) is 1.63. The average Bonchev–Trinajstić information content (AvgIpc) is 2.42. The lowest BCUT2D eigenvalue weighted by atomic mass is 10.2. The van der Waals surface area contributed by atoms with Crippen molar-refractivity contribution in [2.45, 2.75) is 13.0 Å². The molecule has 1 aromatic rings. The van der Waals surface area contributed by atoms with E-state index in [1.54, 1.807) is 13.2 Å². The summed E-state index contributed by atoms with van der Waals surface area (Å²) in [4.78, 5) is 11.5. The molecule has 19 heavy (non-hydrogen) atoms. The number of halogens is 1. The summed E-state index contributed by atoms with van der Waals surface area (Å²) in [5.74, 6) is 0.482. The fourth-order valence-corrected chi connectivity index (χ4v) is 1.97. The van der Waals surface area contributed by atoms with Crippen LogP contribution in [0, 0.1) is 0 Å². The van der Waals surface area contributed by atoms with Gasteiger partial charge in [-0.25, -0.2) is 0 Å². The van der Waals surface area contributed by atoms with E-state index < -0.39 is 0 Å². The van der Waals surface area contributed by atoms with Gasteiger partial charge in [-0.2, -0.15) is 0 Å². The van der Waals surface area contributed by atoms with Gasteiger partial charge in [0.05, 0.1) is 4.47 Å². The zero-order valence-corrected chi connectivity index (χ0v) is 12.5. The van der Waals surface area contributed by atoms with Crippen LogP contribution in [0.2, 0.25) is 0 Å². The summed E-state index contributed by atoms with van der Waals surface area (Å²) in [5.41, 5.74) is 6.54. The monoisotopic (exact) mass is 330 g/mol. The van der Waals surface area contributed by atoms with Gasteiger partial charge in [0.2, 0.25) is 0 Å². The Labute approximate surface area is 121 Å². The molecule has 0 saturated carbocycles. The van der Waals surface area contributed by atoms with Crippen LogP contribution in [0.25, 0.3) is 0 Å². The highest BCUT2D eigenvalue weighted by Gasteiger charge is 2.05. The van der Waals surface area contributed by atoms with Gasteiger partial charge in [-0.1, -0.05) is 6.07 Å². The highest BCUT2D eigenvalue weighted by molar-refractivity contribution is 9.10. The van der Waals surface area contributed by atoms with Crippen LogP contribution in [-0.4, -0.2) is 32.8 Å². The third-order valence-corrected chi connectivity index (χ3v) is 3.06. The molecule has 3 N–H and O–H groups in total. The minimum atomic E-state index is -0.147. The predicted molar refractivity (Wildman–Crippen MR) is 77.0 cm³/mol. The molecule has 0 unspecified atom stereocenters. The number of carbonyl (C=O) groups is 1. The molecule has 0 aliphatic rings. The van der Waals surface area contributed by atoms with Gasteiger partial charge < -0.3 is 20.5 Å². The summed E-state index contributed by atoms with van der Waals surface area (Å²) >= 11 is 3.38. The standard InChI is InChI=1S/C13H19BrN2O3/c1-18-6-2-5-16-13(17)9-19-12-4-3-10(8-15)7-11(12)14/h3-4,7H,2,5-6,8-9,15H2,1H3,(H,16,17). The number of nitrogens with one attached hydrogen (secondary N) is 1. The molecular formula is C13H19BrN2O3. The molecular weight excluding hydrogens is 312 g/mol. The van der Waals surface area contributed by atoms with E-state index in [1.807, 2.05) is 12.1 Å². The van der Waals surface area contributed by atoms with Gasteiger partial charge in [-0.3, -0.25) is 4.79 Å². The first-order chi connectivity index (χ1) is 9.17. The van der Waals surface area contributed by atoms with Crippen LogP contribution >= 0.6 is 15.9 Å². The number of hydrogen-bond acceptors (Lipinski definition) is 4. The molecule has 0 spiro atoms. The lowest BCUT2D eigenvalue weighted by molar-refractivity contribution is -0.123. The topological polar surface area (TPSA) is 73.6 Å². The predicted octanol–water partition coefficient (Wildman–Crippen LogP) is 1.44. The average molecular weight is 331 g/mol. The Balaban J connectivity index is 2.33. The molecule has 0 atom stereocenters. The number of ether oxygens (including phenoxy) is 2. The minimum absolute atomic E-state index is 0.00640. The highest BCUT2D eigenvalue weighted by atomic mass is 79.9. The van der Waals surface area contributed by atoms with Gasteiger partial charge >= 0.3 is 0 Å². The van der Waals surface area contributed by atoms with Crippen molar-refractivity contribution in [3.05, 3.63) is 28.2 Å². The van der Waals surface area contributed by atoms with E-state index in [-0.39, 0.29) is 12.5 Å². The van der Waals surface area contributed by atoms with E-state index in [0.29, 0.717) is 25.4 Å². The van der Waals surface area contributed by atoms with Gasteiger partial charge in [0.1, 0.15) is 5.75 Å². The number of rotatable bonds is 8. The van der Waals surface area contributed by atoms with E-state index in [0.717, 1.165) is 16.5 Å². The Morgan fingerprint density at radius 1 is 1.47 bits per heavy atom. The van der Waals surface area contributed by atoms with Gasteiger partial charge in [-0.05, 0) is 40.0 Å². The first-order valence-electron chi connectivity index (χ1n) is 6.04. The van der Waals surface area contributed by atoms with Crippen LogP contribution in [0.1, 0.15) is 12.0 Å². The van der Waals surface area contributed by atoms with E-state index in [9.17, 15) is 4.79 Å². The molecule has 5 nitrogen and oxygen atoms in total. The number of carbonyl (C=O) groups excluding carboxylic acids is 1. The minimum Gasteiger partial charge on any atom is -0.483 e. The molecule has 6 heteroatoms. The number of hydrogen-bond donors (Lipinski definition) is 2. The van der Waals surface area contributed by atoms with Crippen molar-refractivity contribution >= 4 is 21.8 Å². The maximum atomic E-state index is 11.5. The molecule has 0 aliphatic heterocycles. The number of benzene rings is 1. The molecule has 106 valence electrons. The van der Waals surface area contributed by atoms with Crippen LogP contribution < -0.4 is 15.8 Å².